The van der Waals surface area contributed by atoms with Crippen molar-refractivity contribution in [2.45, 2.75) is 31.6 Å². The number of para-hydroxylation sites is 1. The zero-order valence-corrected chi connectivity index (χ0v) is 42.0. The number of nitrogens with zero attached hydrogens (tertiary/aromatic N) is 7. The molecule has 1 amide bonds. The van der Waals surface area contributed by atoms with Crippen LogP contribution in [-0.4, -0.2) is 172 Å². The molecule has 7 rings (SSSR count). The van der Waals surface area contributed by atoms with Crippen molar-refractivity contribution in [1.29, 1.82) is 0 Å². The number of methoxy groups -OCH3 is 1. The van der Waals surface area contributed by atoms with E-state index >= 15 is 0 Å². The van der Waals surface area contributed by atoms with Gasteiger partial charge in [0, 0.05) is 79.4 Å². The fourth-order valence-corrected chi connectivity index (χ4v) is 8.73. The minimum absolute atomic E-state index is 0.115. The molecule has 22 heteroatoms. The maximum Gasteiger partial charge on any atom is 0.406 e. The van der Waals surface area contributed by atoms with E-state index in [-0.39, 0.29) is 43.1 Å². The molecule has 2 fully saturated rings. The van der Waals surface area contributed by atoms with E-state index in [0.717, 1.165) is 50.4 Å². The number of carbonyl (C=O) groups excluding carboxylic acids is 1. The van der Waals surface area contributed by atoms with Crippen molar-refractivity contribution in [1.82, 2.24) is 34.9 Å². The van der Waals surface area contributed by atoms with Gasteiger partial charge in [-0.05, 0) is 93.5 Å². The Morgan fingerprint density at radius 2 is 1.64 bits per heavy atom. The number of hydrogen-bond acceptors (Lipinski definition) is 17. The van der Waals surface area contributed by atoms with Crippen molar-refractivity contribution in [2.24, 2.45) is 11.6 Å². The molecule has 19 nitrogen and oxygen atoms in total. The van der Waals surface area contributed by atoms with E-state index in [2.05, 4.69) is 59.7 Å². The molecule has 2 aliphatic heterocycles. The number of fused-ring (bicyclic) bond motifs is 1. The van der Waals surface area contributed by atoms with Gasteiger partial charge in [0.05, 0.1) is 88.1 Å². The van der Waals surface area contributed by atoms with Crippen LogP contribution in [0.2, 0.25) is 0 Å². The molecule has 4 heterocycles. The van der Waals surface area contributed by atoms with Crippen LogP contribution in [0.1, 0.15) is 28.9 Å². The lowest BCUT2D eigenvalue weighted by Gasteiger charge is -2.36. The number of piperidine rings is 1. The zero-order valence-electron chi connectivity index (χ0n) is 42.0. The molecule has 0 atom stereocenters. The topological polar surface area (TPSA) is 232 Å². The van der Waals surface area contributed by atoms with E-state index in [4.69, 9.17) is 36.3 Å². The SMILES string of the molecule is COc1cc(C(=O)NCCOCCOCCOCCN(N)/C=C(\N)CN2CCN(c3cc(-c4ccccc4O)nnc3N)CC2)ccc1NCC#Cc1cc2c(NC3CCN(C)CC3)cccc2n1CC(F)(F)F. The Hall–Kier alpha value is -7.00. The Labute approximate surface area is 429 Å². The number of nitrogen functional groups attached to an aromatic ring is 1. The highest BCUT2D eigenvalue weighted by atomic mass is 19.4. The summed E-state index contributed by atoms with van der Waals surface area (Å²) < 4.78 is 64.9. The predicted octanol–water partition coefficient (Wildman–Crippen LogP) is 4.50. The number of rotatable bonds is 24. The minimum atomic E-state index is -4.44. The molecule has 0 radical (unpaired) electrons. The summed E-state index contributed by atoms with van der Waals surface area (Å²) in [5.74, 6) is 12.6. The van der Waals surface area contributed by atoms with Crippen molar-refractivity contribution in [3.63, 3.8) is 0 Å². The van der Waals surface area contributed by atoms with Crippen molar-refractivity contribution in [2.75, 3.05) is 141 Å². The molecule has 0 unspecified atom stereocenters. The molecule has 0 saturated carbocycles. The number of aromatic hydroxyl groups is 1. The number of ether oxygens (including phenoxy) is 4. The Balaban J connectivity index is 0.738. The number of benzene rings is 3. The molecule has 5 aromatic rings. The molecule has 10 N–H and O–H groups in total. The van der Waals surface area contributed by atoms with Crippen molar-refractivity contribution in [3.8, 4) is 34.6 Å². The molecular weight excluding hydrogens is 960 g/mol. The highest BCUT2D eigenvalue weighted by Crippen LogP contribution is 2.33. The number of phenols is 1. The van der Waals surface area contributed by atoms with E-state index in [0.29, 0.717) is 110 Å². The summed E-state index contributed by atoms with van der Waals surface area (Å²) >= 11 is 0. The van der Waals surface area contributed by atoms with Gasteiger partial charge >= 0.3 is 6.18 Å². The second-order valence-electron chi connectivity index (χ2n) is 18.1. The lowest BCUT2D eigenvalue weighted by Crippen LogP contribution is -2.48. The number of nitrogens with one attached hydrogen (secondary N) is 3. The fourth-order valence-electron chi connectivity index (χ4n) is 8.73. The fraction of sp³-hybridized carbons (Fsp3) is 0.442. The second kappa shape index (κ2) is 26.8. The first-order valence-corrected chi connectivity index (χ1v) is 24.7. The highest BCUT2D eigenvalue weighted by Gasteiger charge is 2.30. The summed E-state index contributed by atoms with van der Waals surface area (Å²) in [6, 6.07) is 21.1. The molecule has 2 aliphatic rings. The maximum absolute atomic E-state index is 13.8. The Kier molecular flexibility index (Phi) is 19.8. The van der Waals surface area contributed by atoms with E-state index in [1.54, 1.807) is 60.8 Å². The molecule has 2 aromatic heterocycles. The standard InChI is InChI=1S/C52H68F3N13O6/c1-64-18-14-39(15-19-64)61-43-9-5-10-46-42(43)32-40(68(46)36-52(53,54)55)7-6-16-59-44-13-12-37(31-49(44)71-2)51(70)60-17-25-72-27-29-74-30-28-73-26-24-67(58)35-38(56)34-65-20-22-66(23-21-65)47-33-45(62-63-50(47)57)41-8-3-4-11-48(41)69/h3-5,8-13,31-33,35,39,59,61,69H,14-30,34,36,56,58H2,1-2H3,(H2,57,63)(H,60,70)/b38-35-. The van der Waals surface area contributed by atoms with Crippen LogP contribution in [-0.2, 0) is 20.8 Å². The monoisotopic (exact) mass is 1030 g/mol. The van der Waals surface area contributed by atoms with Gasteiger partial charge in [-0.25, -0.2) is 5.84 Å². The Bertz CT molecular complexity index is 2710. The number of nitrogens with two attached hydrogens (primary N) is 3. The summed E-state index contributed by atoms with van der Waals surface area (Å²) in [7, 11) is 3.56. The average Bonchev–Trinajstić information content (AvgIpc) is 3.72. The Morgan fingerprint density at radius 1 is 0.905 bits per heavy atom. The van der Waals surface area contributed by atoms with Crippen LogP contribution >= 0.6 is 0 Å². The number of alkyl halides is 3. The lowest BCUT2D eigenvalue weighted by molar-refractivity contribution is -0.140. The molecular formula is C52H68F3N13O6. The number of phenolic OH excluding ortho intramolecular Hbond substituents is 1. The number of likely N-dealkylation sites (tertiary alicyclic amines) is 1. The average molecular weight is 1030 g/mol. The van der Waals surface area contributed by atoms with Gasteiger partial charge in [0.2, 0.25) is 0 Å². The van der Waals surface area contributed by atoms with Crippen LogP contribution in [0.15, 0.2) is 84.7 Å². The molecule has 2 saturated heterocycles. The second-order valence-corrected chi connectivity index (χ2v) is 18.1. The van der Waals surface area contributed by atoms with Crippen LogP contribution in [0, 0.1) is 11.8 Å². The highest BCUT2D eigenvalue weighted by molar-refractivity contribution is 5.95. The van der Waals surface area contributed by atoms with E-state index in [1.165, 1.54) is 16.7 Å². The minimum Gasteiger partial charge on any atom is -0.507 e. The Morgan fingerprint density at radius 3 is 2.36 bits per heavy atom. The van der Waals surface area contributed by atoms with E-state index in [1.807, 2.05) is 18.2 Å². The molecule has 0 spiro atoms. The number of hydrazine groups is 1. The van der Waals surface area contributed by atoms with Crippen LogP contribution in [0.5, 0.6) is 11.5 Å². The summed E-state index contributed by atoms with van der Waals surface area (Å²) in [5, 5.41) is 30.3. The number of hydrogen-bond donors (Lipinski definition) is 7. The van der Waals surface area contributed by atoms with Gasteiger partial charge in [0.1, 0.15) is 18.0 Å². The first-order valence-electron chi connectivity index (χ1n) is 24.7. The van der Waals surface area contributed by atoms with Crippen molar-refractivity contribution < 1.29 is 42.0 Å². The van der Waals surface area contributed by atoms with E-state index in [9.17, 15) is 23.1 Å². The quantitative estimate of drug-likeness (QED) is 0.0195. The zero-order chi connectivity index (χ0) is 52.5. The molecule has 3 aromatic carbocycles. The molecule has 74 heavy (non-hydrogen) atoms. The van der Waals surface area contributed by atoms with Gasteiger partial charge < -0.3 is 70.8 Å². The van der Waals surface area contributed by atoms with Gasteiger partial charge in [-0.1, -0.05) is 24.1 Å². The molecule has 398 valence electrons. The van der Waals surface area contributed by atoms with Gasteiger partial charge in [0.25, 0.3) is 5.91 Å². The number of aromatic nitrogens is 3. The number of carbonyl (C=O) groups is 1. The van der Waals surface area contributed by atoms with Gasteiger partial charge in [-0.2, -0.15) is 13.2 Å². The number of amides is 1. The predicted molar refractivity (Wildman–Crippen MR) is 281 cm³/mol. The van der Waals surface area contributed by atoms with Gasteiger partial charge in [-0.15, -0.1) is 10.2 Å². The third-order valence-corrected chi connectivity index (χ3v) is 12.6. The molecule has 0 aliphatic carbocycles. The number of halogens is 3. The van der Waals surface area contributed by atoms with Crippen molar-refractivity contribution >= 4 is 39.7 Å². The number of anilines is 4. The number of piperazine rings is 1. The first kappa shape index (κ1) is 54.8. The third kappa shape index (κ3) is 16.0. The van der Waals surface area contributed by atoms with Crippen LogP contribution in [0.25, 0.3) is 22.2 Å². The lowest BCUT2D eigenvalue weighted by atomic mass is 10.0. The smallest absolute Gasteiger partial charge is 0.406 e. The third-order valence-electron chi connectivity index (χ3n) is 12.6. The normalized spacial score (nSPS) is 14.9. The van der Waals surface area contributed by atoms with Gasteiger partial charge in [0.15, 0.2) is 5.82 Å². The first-order chi connectivity index (χ1) is 35.7. The van der Waals surface area contributed by atoms with Gasteiger partial charge in [-0.3, -0.25) is 9.69 Å². The summed E-state index contributed by atoms with van der Waals surface area (Å²) in [6.07, 6.45) is -0.828. The molecule has 0 bridgehead atoms. The summed E-state index contributed by atoms with van der Waals surface area (Å²) in [5.41, 5.74) is 17.5. The van der Waals surface area contributed by atoms with Crippen LogP contribution in [0.4, 0.5) is 36.1 Å². The maximum atomic E-state index is 13.8. The van der Waals surface area contributed by atoms with Crippen LogP contribution in [0.3, 0.4) is 0 Å². The van der Waals surface area contributed by atoms with Crippen LogP contribution < -0.4 is 42.9 Å². The van der Waals surface area contributed by atoms with E-state index < -0.39 is 12.7 Å². The summed E-state index contributed by atoms with van der Waals surface area (Å²) in [4.78, 5) is 19.6. The summed E-state index contributed by atoms with van der Waals surface area (Å²) in [6.45, 7) is 7.14. The van der Waals surface area contributed by atoms with Crippen molar-refractivity contribution in [3.05, 3.63) is 96.0 Å². The largest absolute Gasteiger partial charge is 0.507 e.